The monoisotopic (exact) mass is 686 g/mol. The molecule has 1 spiro atoms. The second-order valence-corrected chi connectivity index (χ2v) is 14.7. The molecule has 11 aromatic rings. The molecule has 0 aliphatic heterocycles. The molecule has 54 heavy (non-hydrogen) atoms. The fourth-order valence-corrected chi connectivity index (χ4v) is 10.3. The lowest BCUT2D eigenvalue weighted by Crippen LogP contribution is -2.25. The Morgan fingerprint density at radius 2 is 0.963 bits per heavy atom. The normalized spacial score (nSPS) is 13.7. The zero-order valence-electron chi connectivity index (χ0n) is 29.1. The summed E-state index contributed by atoms with van der Waals surface area (Å²) in [4.78, 5) is 5.17. The van der Waals surface area contributed by atoms with Crippen molar-refractivity contribution >= 4 is 49.7 Å². The molecule has 0 saturated heterocycles. The summed E-state index contributed by atoms with van der Waals surface area (Å²) in [6.45, 7) is 0. The number of hydrogen-bond acceptors (Lipinski definition) is 1. The van der Waals surface area contributed by atoms with E-state index in [1.165, 1.54) is 72.0 Å². The highest BCUT2D eigenvalue weighted by Crippen LogP contribution is 2.63. The lowest BCUT2D eigenvalue weighted by atomic mass is 9.70. The zero-order valence-corrected chi connectivity index (χ0v) is 29.1. The summed E-state index contributed by atoms with van der Waals surface area (Å²) >= 11 is 0. The lowest BCUT2D eigenvalue weighted by Gasteiger charge is -2.30. The summed E-state index contributed by atoms with van der Waals surface area (Å²) in [5, 5.41) is 2.44. The summed E-state index contributed by atoms with van der Waals surface area (Å²) < 4.78 is 7.11. The van der Waals surface area contributed by atoms with Crippen LogP contribution in [-0.4, -0.2) is 18.5 Å². The third kappa shape index (κ3) is 3.29. The van der Waals surface area contributed by atoms with E-state index in [4.69, 9.17) is 4.98 Å². The van der Waals surface area contributed by atoms with Gasteiger partial charge in [0.05, 0.1) is 44.2 Å². The zero-order chi connectivity index (χ0) is 35.1. The standard InChI is InChI=1S/C50H30N4/c1-5-18-37-32(14-1)33-15-2-6-19-38(33)50(37)39-20-7-3-17-35(39)48-40(50)21-13-27-47(48)53-42-23-9-4-16-34(42)36-30-31(28-29-43(36)53)52-45-25-11-12-26-46(45)54-44-24-10-8-22-41(44)51-49(52)54/h1-30H. The minimum Gasteiger partial charge on any atom is -0.309 e. The second-order valence-electron chi connectivity index (χ2n) is 14.7. The Kier molecular flexibility index (Phi) is 5.28. The number of rotatable bonds is 2. The molecule has 4 nitrogen and oxygen atoms in total. The summed E-state index contributed by atoms with van der Waals surface area (Å²) in [5.74, 6) is 0.917. The Morgan fingerprint density at radius 1 is 0.389 bits per heavy atom. The van der Waals surface area contributed by atoms with Gasteiger partial charge in [-0.25, -0.2) is 4.98 Å². The molecule has 0 fully saturated rings. The van der Waals surface area contributed by atoms with Crippen LogP contribution < -0.4 is 0 Å². The first-order valence-corrected chi connectivity index (χ1v) is 18.7. The first kappa shape index (κ1) is 28.4. The first-order valence-electron chi connectivity index (χ1n) is 18.7. The van der Waals surface area contributed by atoms with Crippen LogP contribution in [0.1, 0.15) is 22.3 Å². The predicted octanol–water partition coefficient (Wildman–Crippen LogP) is 11.9. The molecule has 0 unspecified atom stereocenters. The minimum absolute atomic E-state index is 0.393. The van der Waals surface area contributed by atoms with Gasteiger partial charge in [-0.2, -0.15) is 0 Å². The molecule has 0 bridgehead atoms. The van der Waals surface area contributed by atoms with Gasteiger partial charge in [-0.05, 0) is 93.5 Å². The van der Waals surface area contributed by atoms with Gasteiger partial charge in [-0.3, -0.25) is 8.97 Å². The number of nitrogens with zero attached hydrogens (tertiary/aromatic N) is 4. The first-order chi connectivity index (χ1) is 26.8. The molecular weight excluding hydrogens is 657 g/mol. The van der Waals surface area contributed by atoms with E-state index in [9.17, 15) is 0 Å². The Balaban J connectivity index is 1.11. The van der Waals surface area contributed by atoms with Crippen LogP contribution in [0, 0.1) is 0 Å². The Hall–Kier alpha value is -7.17. The van der Waals surface area contributed by atoms with Crippen molar-refractivity contribution in [3.8, 4) is 33.6 Å². The highest BCUT2D eigenvalue weighted by Gasteiger charge is 2.52. The third-order valence-electron chi connectivity index (χ3n) is 12.3. The fourth-order valence-electron chi connectivity index (χ4n) is 10.3. The smallest absolute Gasteiger partial charge is 0.220 e. The van der Waals surface area contributed by atoms with Gasteiger partial charge in [0.2, 0.25) is 5.78 Å². The maximum absolute atomic E-state index is 5.17. The van der Waals surface area contributed by atoms with Crippen molar-refractivity contribution in [2.45, 2.75) is 5.41 Å². The molecular formula is C50H30N4. The van der Waals surface area contributed by atoms with Crippen molar-refractivity contribution in [3.05, 3.63) is 204 Å². The average molecular weight is 687 g/mol. The van der Waals surface area contributed by atoms with E-state index < -0.39 is 5.41 Å². The molecule has 0 atom stereocenters. The second kappa shape index (κ2) is 10.0. The molecule has 250 valence electrons. The fraction of sp³-hybridized carbons (Fsp3) is 0.0200. The van der Waals surface area contributed by atoms with Crippen LogP contribution in [0.15, 0.2) is 182 Å². The Bertz CT molecular complexity index is 3360. The van der Waals surface area contributed by atoms with Gasteiger partial charge < -0.3 is 4.57 Å². The molecule has 3 aromatic heterocycles. The summed E-state index contributed by atoms with van der Waals surface area (Å²) in [6.07, 6.45) is 0. The molecule has 4 heteroatoms. The Morgan fingerprint density at radius 3 is 1.74 bits per heavy atom. The molecule has 0 saturated carbocycles. The van der Waals surface area contributed by atoms with Crippen molar-refractivity contribution in [3.63, 3.8) is 0 Å². The number of fused-ring (bicyclic) bond motifs is 18. The van der Waals surface area contributed by atoms with Crippen LogP contribution in [0.25, 0.3) is 83.3 Å². The predicted molar refractivity (Wildman–Crippen MR) is 220 cm³/mol. The van der Waals surface area contributed by atoms with Crippen LogP contribution >= 0.6 is 0 Å². The number of hydrogen-bond donors (Lipinski definition) is 0. The quantitative estimate of drug-likeness (QED) is 0.178. The summed E-state index contributed by atoms with van der Waals surface area (Å²) in [6, 6.07) is 67.0. The van der Waals surface area contributed by atoms with E-state index in [1.807, 2.05) is 0 Å². The molecule has 0 amide bonds. The summed E-state index contributed by atoms with van der Waals surface area (Å²) in [5.41, 5.74) is 19.3. The lowest BCUT2D eigenvalue weighted by molar-refractivity contribution is 0.793. The van der Waals surface area contributed by atoms with Crippen LogP contribution in [0.2, 0.25) is 0 Å². The topological polar surface area (TPSA) is 27.2 Å². The average Bonchev–Trinajstić information content (AvgIpc) is 4.01. The van der Waals surface area contributed by atoms with E-state index in [1.54, 1.807) is 0 Å². The van der Waals surface area contributed by atoms with Crippen molar-refractivity contribution in [2.75, 3.05) is 0 Å². The molecule has 2 aliphatic rings. The third-order valence-corrected chi connectivity index (χ3v) is 12.3. The van der Waals surface area contributed by atoms with Crippen molar-refractivity contribution in [2.24, 2.45) is 0 Å². The molecule has 3 heterocycles. The van der Waals surface area contributed by atoms with Gasteiger partial charge in [0.25, 0.3) is 0 Å². The Labute approximate surface area is 310 Å². The van der Waals surface area contributed by atoms with Crippen LogP contribution in [0.5, 0.6) is 0 Å². The maximum Gasteiger partial charge on any atom is 0.220 e. The van der Waals surface area contributed by atoms with Crippen LogP contribution in [-0.2, 0) is 5.41 Å². The van der Waals surface area contributed by atoms with Crippen molar-refractivity contribution < 1.29 is 0 Å². The van der Waals surface area contributed by atoms with Gasteiger partial charge in [-0.15, -0.1) is 0 Å². The number of benzene rings is 8. The van der Waals surface area contributed by atoms with Gasteiger partial charge in [-0.1, -0.05) is 127 Å². The van der Waals surface area contributed by atoms with Gasteiger partial charge >= 0.3 is 0 Å². The maximum atomic E-state index is 5.17. The van der Waals surface area contributed by atoms with E-state index >= 15 is 0 Å². The van der Waals surface area contributed by atoms with Crippen LogP contribution in [0.4, 0.5) is 0 Å². The van der Waals surface area contributed by atoms with Gasteiger partial charge in [0.15, 0.2) is 0 Å². The van der Waals surface area contributed by atoms with E-state index in [-0.39, 0.29) is 0 Å². The summed E-state index contributed by atoms with van der Waals surface area (Å²) in [7, 11) is 0. The highest BCUT2D eigenvalue weighted by molar-refractivity contribution is 6.11. The van der Waals surface area contributed by atoms with Crippen LogP contribution in [0.3, 0.4) is 0 Å². The highest BCUT2D eigenvalue weighted by atomic mass is 15.2. The molecule has 8 aromatic carbocycles. The minimum atomic E-state index is -0.393. The number of imidazole rings is 2. The number of aromatic nitrogens is 4. The van der Waals surface area contributed by atoms with E-state index in [0.29, 0.717) is 0 Å². The largest absolute Gasteiger partial charge is 0.309 e. The molecule has 0 N–H and O–H groups in total. The molecule has 0 radical (unpaired) electrons. The van der Waals surface area contributed by atoms with Crippen molar-refractivity contribution in [1.82, 2.24) is 18.5 Å². The molecule has 2 aliphatic carbocycles. The molecule has 13 rings (SSSR count). The SMILES string of the molecule is c1ccc2c(c1)-c1ccccc1C21c2ccccc2-c2c(-n3c4ccccc4c4cc(-n5c6ccccc6n6c7ccccc7nc56)ccc43)cccc21. The van der Waals surface area contributed by atoms with E-state index in [2.05, 4.69) is 196 Å². The van der Waals surface area contributed by atoms with Gasteiger partial charge in [0.1, 0.15) is 0 Å². The van der Waals surface area contributed by atoms with Gasteiger partial charge in [0, 0.05) is 22.0 Å². The number of para-hydroxylation sites is 5. The van der Waals surface area contributed by atoms with Crippen molar-refractivity contribution in [1.29, 1.82) is 0 Å². The van der Waals surface area contributed by atoms with E-state index in [0.717, 1.165) is 33.5 Å².